The van der Waals surface area contributed by atoms with Gasteiger partial charge >= 0.3 is 0 Å². The van der Waals surface area contributed by atoms with E-state index in [9.17, 15) is 21.6 Å². The zero-order chi connectivity index (χ0) is 26.5. The molecule has 1 atom stereocenters. The summed E-state index contributed by atoms with van der Waals surface area (Å²) in [5, 5.41) is 2.63. The molecule has 0 saturated heterocycles. The van der Waals surface area contributed by atoms with Crippen LogP contribution in [0.1, 0.15) is 6.92 Å². The first-order valence-electron chi connectivity index (χ1n) is 10.7. The van der Waals surface area contributed by atoms with Crippen molar-refractivity contribution in [3.8, 4) is 11.5 Å². The minimum atomic E-state index is -3.87. The molecule has 0 heterocycles. The Labute approximate surface area is 211 Å². The van der Waals surface area contributed by atoms with Crippen LogP contribution in [0.2, 0.25) is 0 Å². The maximum atomic E-state index is 12.9. The van der Waals surface area contributed by atoms with Gasteiger partial charge in [0.1, 0.15) is 17.5 Å². The van der Waals surface area contributed by atoms with E-state index in [4.69, 9.17) is 9.47 Å². The number of carbonyl (C=O) groups excluding carboxylic acids is 1. The van der Waals surface area contributed by atoms with Gasteiger partial charge in [-0.05, 0) is 79.7 Å². The second kappa shape index (κ2) is 10.9. The fraction of sp³-hybridized carbons (Fsp3) is 0.208. The minimum absolute atomic E-state index is 0.0136. The van der Waals surface area contributed by atoms with Crippen molar-refractivity contribution in [2.75, 3.05) is 34.8 Å². The number of methoxy groups -OCH3 is 2. The molecule has 0 aliphatic rings. The largest absolute Gasteiger partial charge is 0.497 e. The lowest BCUT2D eigenvalue weighted by Crippen LogP contribution is -2.45. The summed E-state index contributed by atoms with van der Waals surface area (Å²) < 4.78 is 63.9. The smallest absolute Gasteiger partial charge is 0.261 e. The Morgan fingerprint density at radius 2 is 1.25 bits per heavy atom. The first-order valence-corrected chi connectivity index (χ1v) is 14.0. The van der Waals surface area contributed by atoms with Gasteiger partial charge in [-0.1, -0.05) is 0 Å². The highest BCUT2D eigenvalue weighted by Crippen LogP contribution is 2.25. The number of sulfonamides is 2. The van der Waals surface area contributed by atoms with E-state index in [2.05, 4.69) is 10.0 Å². The molecule has 0 spiro atoms. The van der Waals surface area contributed by atoms with E-state index in [-0.39, 0.29) is 4.90 Å². The number of nitrogens with one attached hydrogen (secondary N) is 2. The Kier molecular flexibility index (Phi) is 8.10. The molecule has 192 valence electrons. The predicted octanol–water partition coefficient (Wildman–Crippen LogP) is 3.30. The van der Waals surface area contributed by atoms with E-state index in [0.717, 1.165) is 10.6 Å². The number of carbonyl (C=O) groups is 1. The fourth-order valence-electron chi connectivity index (χ4n) is 3.38. The van der Waals surface area contributed by atoms with Gasteiger partial charge in [0, 0.05) is 11.4 Å². The van der Waals surface area contributed by atoms with Crippen molar-refractivity contribution in [3.63, 3.8) is 0 Å². The summed E-state index contributed by atoms with van der Waals surface area (Å²) in [6.45, 7) is 1.46. The third-order valence-corrected chi connectivity index (χ3v) is 7.83. The Hall–Kier alpha value is -3.77. The van der Waals surface area contributed by atoms with Crippen molar-refractivity contribution in [2.45, 2.75) is 17.9 Å². The average Bonchev–Trinajstić information content (AvgIpc) is 2.84. The van der Waals surface area contributed by atoms with Gasteiger partial charge in [-0.2, -0.15) is 0 Å². The Balaban J connectivity index is 1.74. The molecule has 10 nitrogen and oxygen atoms in total. The maximum absolute atomic E-state index is 12.9. The Morgan fingerprint density at radius 1 is 0.778 bits per heavy atom. The van der Waals surface area contributed by atoms with Gasteiger partial charge in [-0.15, -0.1) is 0 Å². The molecule has 0 radical (unpaired) electrons. The van der Waals surface area contributed by atoms with Gasteiger partial charge in [0.25, 0.3) is 10.0 Å². The number of benzene rings is 3. The van der Waals surface area contributed by atoms with Crippen LogP contribution in [-0.2, 0) is 24.8 Å². The number of hydrogen-bond acceptors (Lipinski definition) is 7. The van der Waals surface area contributed by atoms with E-state index in [1.54, 1.807) is 48.5 Å². The number of hydrogen-bond donors (Lipinski definition) is 2. The van der Waals surface area contributed by atoms with Crippen LogP contribution in [0.4, 0.5) is 17.1 Å². The highest BCUT2D eigenvalue weighted by atomic mass is 32.2. The molecule has 3 rings (SSSR count). The van der Waals surface area contributed by atoms with Crippen molar-refractivity contribution in [1.82, 2.24) is 0 Å². The van der Waals surface area contributed by atoms with E-state index in [1.165, 1.54) is 45.4 Å². The number of amides is 1. The third kappa shape index (κ3) is 6.46. The lowest BCUT2D eigenvalue weighted by atomic mass is 10.2. The molecule has 2 N–H and O–H groups in total. The van der Waals surface area contributed by atoms with Crippen LogP contribution < -0.4 is 23.8 Å². The molecule has 0 bridgehead atoms. The van der Waals surface area contributed by atoms with Crippen LogP contribution in [0.15, 0.2) is 77.7 Å². The van der Waals surface area contributed by atoms with Crippen LogP contribution >= 0.6 is 0 Å². The molecule has 0 aliphatic carbocycles. The van der Waals surface area contributed by atoms with E-state index in [0.29, 0.717) is 28.6 Å². The quantitative estimate of drug-likeness (QED) is 0.409. The molecule has 0 unspecified atom stereocenters. The second-order valence-corrected chi connectivity index (χ2v) is 11.3. The van der Waals surface area contributed by atoms with Gasteiger partial charge < -0.3 is 14.8 Å². The molecule has 0 aliphatic heterocycles. The van der Waals surface area contributed by atoms with Crippen molar-refractivity contribution in [3.05, 3.63) is 72.8 Å². The van der Waals surface area contributed by atoms with Gasteiger partial charge in [-0.25, -0.2) is 16.8 Å². The summed E-state index contributed by atoms with van der Waals surface area (Å²) in [6.07, 6.45) is 1.01. The van der Waals surface area contributed by atoms with E-state index < -0.39 is 32.0 Å². The molecule has 0 aromatic heterocycles. The molecular weight excluding hydrogens is 506 g/mol. The molecule has 3 aromatic carbocycles. The molecule has 1 amide bonds. The van der Waals surface area contributed by atoms with Gasteiger partial charge in [0.05, 0.1) is 31.1 Å². The highest BCUT2D eigenvalue weighted by Gasteiger charge is 2.29. The number of nitrogens with zero attached hydrogens (tertiary/aromatic N) is 1. The van der Waals surface area contributed by atoms with Crippen molar-refractivity contribution >= 4 is 43.0 Å². The summed E-state index contributed by atoms with van der Waals surface area (Å²) in [6, 6.07) is 17.1. The van der Waals surface area contributed by atoms with Crippen LogP contribution in [0.25, 0.3) is 0 Å². The number of rotatable bonds is 10. The molecule has 36 heavy (non-hydrogen) atoms. The molecule has 3 aromatic rings. The monoisotopic (exact) mass is 533 g/mol. The van der Waals surface area contributed by atoms with Crippen molar-refractivity contribution < 1.29 is 31.1 Å². The topological polar surface area (TPSA) is 131 Å². The summed E-state index contributed by atoms with van der Waals surface area (Å²) in [4.78, 5) is 12.9. The Bertz CT molecular complexity index is 1410. The standard InChI is InChI=1S/C24H27N3O7S2/c1-17(27(35(4,29)30)20-9-13-22(34-3)14-10-20)24(28)25-18-7-15-23(16-8-18)36(31,32)26-19-5-11-21(33-2)12-6-19/h5-17,26H,1-4H3,(H,25,28)/t17-/m1/s1. The SMILES string of the molecule is COc1ccc(NS(=O)(=O)c2ccc(NC(=O)[C@@H](C)N(c3ccc(OC)cc3)S(C)(=O)=O)cc2)cc1. The van der Waals surface area contributed by atoms with Gasteiger partial charge in [-0.3, -0.25) is 13.8 Å². The first kappa shape index (κ1) is 26.8. The van der Waals surface area contributed by atoms with Crippen molar-refractivity contribution in [1.29, 1.82) is 0 Å². The van der Waals surface area contributed by atoms with Crippen LogP contribution in [-0.4, -0.2) is 49.3 Å². The lowest BCUT2D eigenvalue weighted by molar-refractivity contribution is -0.116. The average molecular weight is 534 g/mol. The molecule has 12 heteroatoms. The molecule has 0 saturated carbocycles. The zero-order valence-corrected chi connectivity index (χ0v) is 21.8. The van der Waals surface area contributed by atoms with Crippen LogP contribution in [0.5, 0.6) is 11.5 Å². The lowest BCUT2D eigenvalue weighted by Gasteiger charge is -2.28. The van der Waals surface area contributed by atoms with Crippen LogP contribution in [0.3, 0.4) is 0 Å². The van der Waals surface area contributed by atoms with Crippen molar-refractivity contribution in [2.24, 2.45) is 0 Å². The number of ether oxygens (including phenoxy) is 2. The van der Waals surface area contributed by atoms with E-state index in [1.807, 2.05) is 0 Å². The summed E-state index contributed by atoms with van der Waals surface area (Å²) in [7, 11) is -4.67. The molecular formula is C24H27N3O7S2. The summed E-state index contributed by atoms with van der Waals surface area (Å²) >= 11 is 0. The second-order valence-electron chi connectivity index (χ2n) is 7.78. The highest BCUT2D eigenvalue weighted by molar-refractivity contribution is 7.92. The predicted molar refractivity (Wildman–Crippen MR) is 139 cm³/mol. The van der Waals surface area contributed by atoms with Gasteiger partial charge in [0.2, 0.25) is 15.9 Å². The van der Waals surface area contributed by atoms with Crippen LogP contribution in [0, 0.1) is 0 Å². The summed E-state index contributed by atoms with van der Waals surface area (Å²) in [5.41, 5.74) is 0.965. The normalized spacial score (nSPS) is 12.3. The third-order valence-electron chi connectivity index (χ3n) is 5.19. The number of anilines is 3. The molecule has 0 fully saturated rings. The van der Waals surface area contributed by atoms with Gasteiger partial charge in [0.15, 0.2) is 0 Å². The fourth-order valence-corrected chi connectivity index (χ4v) is 5.61. The zero-order valence-electron chi connectivity index (χ0n) is 20.1. The first-order chi connectivity index (χ1) is 16.9. The summed E-state index contributed by atoms with van der Waals surface area (Å²) in [5.74, 6) is 0.540. The maximum Gasteiger partial charge on any atom is 0.261 e. The van der Waals surface area contributed by atoms with E-state index >= 15 is 0 Å². The minimum Gasteiger partial charge on any atom is -0.497 e. The Morgan fingerprint density at radius 3 is 1.72 bits per heavy atom.